The molecule has 0 unspecified atom stereocenters. The Morgan fingerprint density at radius 2 is 1.82 bits per heavy atom. The standard InChI is InChI=1S/C27H27FN4O2/c1-31-14-12-21(13-15-31)32(2)27-30-24-17-20(9-11-25(24)34-27)29-26(33)22-10-8-19(16-23(22)28)18-6-4-3-5-7-18/h3-11,16-17,21H,12-15H2,1-2H3,(H,29,33). The van der Waals surface area contributed by atoms with Crippen LogP contribution in [0, 0.1) is 5.82 Å². The molecule has 1 amide bonds. The van der Waals surface area contributed by atoms with Gasteiger partial charge in [0.05, 0.1) is 5.56 Å². The maximum atomic E-state index is 14.7. The number of hydrogen-bond acceptors (Lipinski definition) is 5. The lowest BCUT2D eigenvalue weighted by atomic mass is 10.0. The molecule has 0 atom stereocenters. The molecule has 0 radical (unpaired) electrons. The summed E-state index contributed by atoms with van der Waals surface area (Å²) in [5, 5.41) is 2.78. The quantitative estimate of drug-likeness (QED) is 0.433. The minimum Gasteiger partial charge on any atom is -0.423 e. The Morgan fingerprint density at radius 3 is 2.56 bits per heavy atom. The Kier molecular flexibility index (Phi) is 6.02. The smallest absolute Gasteiger partial charge is 0.298 e. The van der Waals surface area contributed by atoms with Crippen molar-refractivity contribution in [1.29, 1.82) is 0 Å². The van der Waals surface area contributed by atoms with Gasteiger partial charge in [-0.15, -0.1) is 0 Å². The SMILES string of the molecule is CN1CCC(N(C)c2nc3cc(NC(=O)c4ccc(-c5ccccc5)cc4F)ccc3o2)CC1. The minimum atomic E-state index is -0.566. The lowest BCUT2D eigenvalue weighted by Gasteiger charge is -2.34. The van der Waals surface area contributed by atoms with Crippen LogP contribution in [-0.4, -0.2) is 49.0 Å². The first kappa shape index (κ1) is 22.1. The number of aromatic nitrogens is 1. The summed E-state index contributed by atoms with van der Waals surface area (Å²) < 4.78 is 20.7. The van der Waals surface area contributed by atoms with Gasteiger partial charge in [-0.2, -0.15) is 4.98 Å². The van der Waals surface area contributed by atoms with E-state index in [9.17, 15) is 9.18 Å². The van der Waals surface area contributed by atoms with Crippen LogP contribution in [0.4, 0.5) is 16.1 Å². The number of fused-ring (bicyclic) bond motifs is 1. The average molecular weight is 459 g/mol. The summed E-state index contributed by atoms with van der Waals surface area (Å²) in [6.07, 6.45) is 2.11. The molecule has 0 aliphatic carbocycles. The number of carbonyl (C=O) groups is 1. The van der Waals surface area contributed by atoms with Gasteiger partial charge in [-0.3, -0.25) is 4.79 Å². The van der Waals surface area contributed by atoms with E-state index in [1.807, 2.05) is 37.4 Å². The molecule has 34 heavy (non-hydrogen) atoms. The van der Waals surface area contributed by atoms with Crippen LogP contribution in [0.15, 0.2) is 71.1 Å². The highest BCUT2D eigenvalue weighted by Gasteiger charge is 2.24. The minimum absolute atomic E-state index is 0.0115. The monoisotopic (exact) mass is 458 g/mol. The number of amides is 1. The van der Waals surface area contributed by atoms with Crippen LogP contribution in [-0.2, 0) is 0 Å². The zero-order valence-corrected chi connectivity index (χ0v) is 19.3. The first-order chi connectivity index (χ1) is 16.5. The summed E-state index contributed by atoms with van der Waals surface area (Å²) >= 11 is 0. The second-order valence-electron chi connectivity index (χ2n) is 8.84. The van der Waals surface area contributed by atoms with Crippen LogP contribution in [0.1, 0.15) is 23.2 Å². The third-order valence-corrected chi connectivity index (χ3v) is 6.49. The number of nitrogens with zero attached hydrogens (tertiary/aromatic N) is 3. The summed E-state index contributed by atoms with van der Waals surface area (Å²) in [6, 6.07) is 20.4. The van der Waals surface area contributed by atoms with Gasteiger partial charge in [0.2, 0.25) is 0 Å². The van der Waals surface area contributed by atoms with Crippen molar-refractivity contribution < 1.29 is 13.6 Å². The van der Waals surface area contributed by atoms with E-state index in [1.54, 1.807) is 24.3 Å². The van der Waals surface area contributed by atoms with Gasteiger partial charge in [-0.25, -0.2) is 4.39 Å². The highest BCUT2D eigenvalue weighted by Crippen LogP contribution is 2.28. The Balaban J connectivity index is 1.31. The van der Waals surface area contributed by atoms with Crippen molar-refractivity contribution in [1.82, 2.24) is 9.88 Å². The number of oxazole rings is 1. The van der Waals surface area contributed by atoms with E-state index < -0.39 is 11.7 Å². The molecule has 4 aromatic rings. The number of halogens is 1. The van der Waals surface area contributed by atoms with Gasteiger partial charge in [0.15, 0.2) is 5.58 Å². The van der Waals surface area contributed by atoms with Crippen molar-refractivity contribution in [3.63, 3.8) is 0 Å². The van der Waals surface area contributed by atoms with Gasteiger partial charge in [0.1, 0.15) is 11.3 Å². The van der Waals surface area contributed by atoms with Crippen LogP contribution in [0.3, 0.4) is 0 Å². The van der Waals surface area contributed by atoms with Crippen molar-refractivity contribution in [3.05, 3.63) is 78.1 Å². The average Bonchev–Trinajstić information content (AvgIpc) is 3.28. The summed E-state index contributed by atoms with van der Waals surface area (Å²) in [4.78, 5) is 21.8. The highest BCUT2D eigenvalue weighted by atomic mass is 19.1. The summed E-state index contributed by atoms with van der Waals surface area (Å²) in [5.41, 5.74) is 3.43. The number of rotatable bonds is 5. The zero-order valence-electron chi connectivity index (χ0n) is 19.3. The van der Waals surface area contributed by atoms with Gasteiger partial charge in [0, 0.05) is 18.8 Å². The maximum absolute atomic E-state index is 14.7. The molecule has 2 heterocycles. The molecule has 1 saturated heterocycles. The van der Waals surface area contributed by atoms with E-state index in [0.717, 1.165) is 37.1 Å². The maximum Gasteiger partial charge on any atom is 0.298 e. The van der Waals surface area contributed by atoms with Crippen molar-refractivity contribution in [2.24, 2.45) is 0 Å². The van der Waals surface area contributed by atoms with E-state index in [2.05, 4.69) is 27.1 Å². The van der Waals surface area contributed by atoms with E-state index in [1.165, 1.54) is 12.1 Å². The van der Waals surface area contributed by atoms with Crippen LogP contribution >= 0.6 is 0 Å². The van der Waals surface area contributed by atoms with Crippen LogP contribution in [0.5, 0.6) is 0 Å². The lowest BCUT2D eigenvalue weighted by molar-refractivity contribution is 0.102. The largest absolute Gasteiger partial charge is 0.423 e. The predicted molar refractivity (Wildman–Crippen MR) is 133 cm³/mol. The fraction of sp³-hybridized carbons (Fsp3) is 0.259. The van der Waals surface area contributed by atoms with Crippen molar-refractivity contribution in [3.8, 4) is 11.1 Å². The van der Waals surface area contributed by atoms with Gasteiger partial charge in [0.25, 0.3) is 11.9 Å². The second kappa shape index (κ2) is 9.27. The summed E-state index contributed by atoms with van der Waals surface area (Å²) in [7, 11) is 4.14. The van der Waals surface area contributed by atoms with Gasteiger partial charge in [-0.05, 0) is 74.4 Å². The van der Waals surface area contributed by atoms with Gasteiger partial charge < -0.3 is 19.5 Å². The number of carbonyl (C=O) groups excluding carboxylic acids is 1. The molecule has 1 fully saturated rings. The predicted octanol–water partition coefficient (Wildman–Crippen LogP) is 5.42. The van der Waals surface area contributed by atoms with Crippen LogP contribution < -0.4 is 10.2 Å². The van der Waals surface area contributed by atoms with Crippen LogP contribution in [0.25, 0.3) is 22.2 Å². The summed E-state index contributed by atoms with van der Waals surface area (Å²) in [5.74, 6) is -1.08. The molecule has 6 nitrogen and oxygen atoms in total. The number of anilines is 2. The molecule has 0 bridgehead atoms. The number of nitrogens with one attached hydrogen (secondary N) is 1. The molecule has 0 spiro atoms. The normalized spacial score (nSPS) is 14.9. The lowest BCUT2D eigenvalue weighted by Crippen LogP contribution is -2.42. The molecule has 0 saturated carbocycles. The first-order valence-electron chi connectivity index (χ1n) is 11.5. The fourth-order valence-corrected chi connectivity index (χ4v) is 4.39. The zero-order chi connectivity index (χ0) is 23.7. The van der Waals surface area contributed by atoms with Crippen molar-refractivity contribution in [2.75, 3.05) is 37.4 Å². The Bertz CT molecular complexity index is 1310. The van der Waals surface area contributed by atoms with E-state index in [-0.39, 0.29) is 5.56 Å². The third kappa shape index (κ3) is 4.52. The molecular formula is C27H27FN4O2. The second-order valence-corrected chi connectivity index (χ2v) is 8.84. The molecular weight excluding hydrogens is 431 g/mol. The fourth-order valence-electron chi connectivity index (χ4n) is 4.39. The number of likely N-dealkylation sites (tertiary alicyclic amines) is 1. The molecule has 1 aliphatic heterocycles. The topological polar surface area (TPSA) is 61.6 Å². The molecule has 1 aromatic heterocycles. The first-order valence-corrected chi connectivity index (χ1v) is 11.5. The third-order valence-electron chi connectivity index (χ3n) is 6.49. The molecule has 1 aliphatic rings. The Labute approximate surface area is 198 Å². The molecule has 174 valence electrons. The van der Waals surface area contributed by atoms with Crippen LogP contribution in [0.2, 0.25) is 0 Å². The highest BCUT2D eigenvalue weighted by molar-refractivity contribution is 6.05. The Morgan fingerprint density at radius 1 is 1.06 bits per heavy atom. The van der Waals surface area contributed by atoms with Gasteiger partial charge in [-0.1, -0.05) is 36.4 Å². The summed E-state index contributed by atoms with van der Waals surface area (Å²) in [6.45, 7) is 2.10. The molecule has 7 heteroatoms. The van der Waals surface area contributed by atoms with Crippen molar-refractivity contribution >= 4 is 28.7 Å². The van der Waals surface area contributed by atoms with E-state index in [4.69, 9.17) is 4.42 Å². The molecule has 5 rings (SSSR count). The van der Waals surface area contributed by atoms with Gasteiger partial charge >= 0.3 is 0 Å². The number of piperidine rings is 1. The van der Waals surface area contributed by atoms with E-state index in [0.29, 0.717) is 28.8 Å². The van der Waals surface area contributed by atoms with E-state index >= 15 is 0 Å². The van der Waals surface area contributed by atoms with Crippen molar-refractivity contribution in [2.45, 2.75) is 18.9 Å². The Hall–Kier alpha value is -3.71. The molecule has 1 N–H and O–H groups in total. The number of benzene rings is 3. The number of hydrogen-bond donors (Lipinski definition) is 1. The molecule has 3 aromatic carbocycles.